The van der Waals surface area contributed by atoms with E-state index < -0.39 is 0 Å². The lowest BCUT2D eigenvalue weighted by atomic mass is 10.4. The molecule has 0 aromatic carbocycles. The van der Waals surface area contributed by atoms with Crippen molar-refractivity contribution in [3.63, 3.8) is 0 Å². The van der Waals surface area contributed by atoms with E-state index in [2.05, 4.69) is 10.1 Å². The molecular weight excluding hydrogens is 152 g/mol. The fourth-order valence-electron chi connectivity index (χ4n) is 0.551. The number of hydrogen-bond donors (Lipinski definition) is 1. The molecule has 1 heterocycles. The molecule has 10 heavy (non-hydrogen) atoms. The van der Waals surface area contributed by atoms with Gasteiger partial charge in [-0.15, -0.1) is 0 Å². The van der Waals surface area contributed by atoms with Gasteiger partial charge < -0.3 is 5.21 Å². The van der Waals surface area contributed by atoms with Gasteiger partial charge in [0.15, 0.2) is 0 Å². The van der Waals surface area contributed by atoms with E-state index in [4.69, 9.17) is 16.8 Å². The van der Waals surface area contributed by atoms with Gasteiger partial charge in [0.2, 0.25) is 0 Å². The lowest BCUT2D eigenvalue weighted by molar-refractivity contribution is 0.321. The number of hydrogen-bond acceptors (Lipinski definition) is 3. The third-order valence-corrected chi connectivity index (χ3v) is 1.17. The van der Waals surface area contributed by atoms with Gasteiger partial charge >= 0.3 is 0 Å². The minimum absolute atomic E-state index is 0.537. The number of rotatable bonds is 1. The van der Waals surface area contributed by atoms with Crippen molar-refractivity contribution < 1.29 is 5.21 Å². The molecule has 0 aliphatic heterocycles. The van der Waals surface area contributed by atoms with Crippen LogP contribution in [0.15, 0.2) is 23.5 Å². The van der Waals surface area contributed by atoms with Crippen LogP contribution in [-0.2, 0) is 0 Å². The molecule has 0 atom stereocenters. The summed E-state index contributed by atoms with van der Waals surface area (Å²) in [6.07, 6.45) is 2.76. The van der Waals surface area contributed by atoms with Gasteiger partial charge in [0.05, 0.1) is 11.9 Å². The van der Waals surface area contributed by atoms with Crippen LogP contribution < -0.4 is 0 Å². The molecule has 0 saturated carbocycles. The first-order valence-corrected chi connectivity index (χ1v) is 2.99. The Labute approximate surface area is 63.0 Å². The van der Waals surface area contributed by atoms with Crippen LogP contribution >= 0.6 is 11.6 Å². The molecule has 52 valence electrons. The van der Waals surface area contributed by atoms with Crippen LogP contribution in [0.2, 0.25) is 5.02 Å². The first kappa shape index (κ1) is 7.02. The van der Waals surface area contributed by atoms with Gasteiger partial charge in [0.1, 0.15) is 0 Å². The number of aromatic nitrogens is 1. The van der Waals surface area contributed by atoms with Gasteiger partial charge in [-0.2, -0.15) is 0 Å². The molecule has 1 aromatic rings. The number of halogens is 1. The molecule has 1 rings (SSSR count). The molecule has 0 amide bonds. The molecular formula is C6H5ClN2O. The highest BCUT2D eigenvalue weighted by Crippen LogP contribution is 2.05. The number of nitrogens with zero attached hydrogens (tertiary/aromatic N) is 2. The minimum atomic E-state index is 0.537. The average Bonchev–Trinajstić information content (AvgIpc) is 1.88. The van der Waals surface area contributed by atoms with Crippen LogP contribution in [0.1, 0.15) is 5.69 Å². The maximum absolute atomic E-state index is 8.10. The number of pyridine rings is 1. The zero-order valence-corrected chi connectivity index (χ0v) is 5.78. The number of oxime groups is 1. The average molecular weight is 157 g/mol. The van der Waals surface area contributed by atoms with Crippen molar-refractivity contribution in [2.45, 2.75) is 0 Å². The molecule has 0 aliphatic carbocycles. The Balaban J connectivity index is 2.95. The van der Waals surface area contributed by atoms with Gasteiger partial charge in [-0.1, -0.05) is 16.8 Å². The second-order valence-electron chi connectivity index (χ2n) is 1.64. The summed E-state index contributed by atoms with van der Waals surface area (Å²) in [4.78, 5) is 3.84. The largest absolute Gasteiger partial charge is 0.411 e. The van der Waals surface area contributed by atoms with Gasteiger partial charge in [-0.3, -0.25) is 4.98 Å². The summed E-state index contributed by atoms with van der Waals surface area (Å²) in [5.74, 6) is 0. The topological polar surface area (TPSA) is 45.5 Å². The predicted molar refractivity (Wildman–Crippen MR) is 38.6 cm³/mol. The van der Waals surface area contributed by atoms with Crippen molar-refractivity contribution in [3.8, 4) is 0 Å². The van der Waals surface area contributed by atoms with E-state index in [1.807, 2.05) is 0 Å². The standard InChI is InChI=1S/C6H5ClN2O/c7-5-1-2-8-6(3-5)4-9-10/h1-4,10H/b9-4+. The Morgan fingerprint density at radius 3 is 3.10 bits per heavy atom. The molecule has 0 spiro atoms. The van der Waals surface area contributed by atoms with Gasteiger partial charge in [-0.05, 0) is 12.1 Å². The zero-order valence-electron chi connectivity index (χ0n) is 5.03. The van der Waals surface area contributed by atoms with E-state index in [1.165, 1.54) is 6.21 Å². The highest BCUT2D eigenvalue weighted by molar-refractivity contribution is 6.30. The summed E-state index contributed by atoms with van der Waals surface area (Å²) < 4.78 is 0. The normalized spacial score (nSPS) is 10.5. The van der Waals surface area contributed by atoms with Crippen molar-refractivity contribution >= 4 is 17.8 Å². The molecule has 0 saturated heterocycles. The third kappa shape index (κ3) is 1.70. The predicted octanol–water partition coefficient (Wildman–Crippen LogP) is 1.54. The minimum Gasteiger partial charge on any atom is -0.411 e. The molecule has 1 aromatic heterocycles. The lowest BCUT2D eigenvalue weighted by Crippen LogP contribution is -1.84. The molecule has 0 unspecified atom stereocenters. The van der Waals surface area contributed by atoms with E-state index in [0.29, 0.717) is 10.7 Å². The van der Waals surface area contributed by atoms with E-state index >= 15 is 0 Å². The van der Waals surface area contributed by atoms with Gasteiger partial charge in [-0.25, -0.2) is 0 Å². The second-order valence-corrected chi connectivity index (χ2v) is 2.08. The molecule has 4 heteroatoms. The fraction of sp³-hybridized carbons (Fsp3) is 0. The Bertz CT molecular complexity index is 249. The second kappa shape index (κ2) is 3.17. The fourth-order valence-corrected chi connectivity index (χ4v) is 0.719. The molecule has 1 N–H and O–H groups in total. The molecule has 0 fully saturated rings. The molecule has 3 nitrogen and oxygen atoms in total. The van der Waals surface area contributed by atoms with Crippen LogP contribution in [-0.4, -0.2) is 16.4 Å². The van der Waals surface area contributed by atoms with E-state index in [-0.39, 0.29) is 0 Å². The maximum Gasteiger partial charge on any atom is 0.0918 e. The van der Waals surface area contributed by atoms with Gasteiger partial charge in [0.25, 0.3) is 0 Å². The molecule has 0 aliphatic rings. The SMILES string of the molecule is O/N=C/c1cc(Cl)ccn1. The molecule has 0 radical (unpaired) electrons. The van der Waals surface area contributed by atoms with Crippen molar-refractivity contribution in [1.82, 2.24) is 4.98 Å². The Hall–Kier alpha value is -1.09. The summed E-state index contributed by atoms with van der Waals surface area (Å²) in [6.45, 7) is 0. The summed E-state index contributed by atoms with van der Waals surface area (Å²) in [5.41, 5.74) is 0.537. The smallest absolute Gasteiger partial charge is 0.0918 e. The Morgan fingerprint density at radius 1 is 1.70 bits per heavy atom. The first-order valence-electron chi connectivity index (χ1n) is 2.62. The Morgan fingerprint density at radius 2 is 2.50 bits per heavy atom. The van der Waals surface area contributed by atoms with Crippen LogP contribution in [0.5, 0.6) is 0 Å². The third-order valence-electron chi connectivity index (χ3n) is 0.933. The maximum atomic E-state index is 8.10. The summed E-state index contributed by atoms with van der Waals surface area (Å²) in [5, 5.41) is 11.5. The lowest BCUT2D eigenvalue weighted by Gasteiger charge is -1.89. The van der Waals surface area contributed by atoms with Crippen molar-refractivity contribution in [2.24, 2.45) is 5.16 Å². The first-order chi connectivity index (χ1) is 4.83. The van der Waals surface area contributed by atoms with Crippen molar-refractivity contribution in [1.29, 1.82) is 0 Å². The van der Waals surface area contributed by atoms with Crippen LogP contribution in [0.3, 0.4) is 0 Å². The highest BCUT2D eigenvalue weighted by atomic mass is 35.5. The summed E-state index contributed by atoms with van der Waals surface area (Å²) in [6, 6.07) is 3.25. The van der Waals surface area contributed by atoms with E-state index in [9.17, 15) is 0 Å². The summed E-state index contributed by atoms with van der Waals surface area (Å²) >= 11 is 5.60. The summed E-state index contributed by atoms with van der Waals surface area (Å²) in [7, 11) is 0. The molecule has 0 bridgehead atoms. The quantitative estimate of drug-likeness (QED) is 0.381. The van der Waals surface area contributed by atoms with Crippen LogP contribution in [0, 0.1) is 0 Å². The van der Waals surface area contributed by atoms with Crippen molar-refractivity contribution in [3.05, 3.63) is 29.0 Å². The van der Waals surface area contributed by atoms with Crippen LogP contribution in [0.4, 0.5) is 0 Å². The van der Waals surface area contributed by atoms with E-state index in [1.54, 1.807) is 18.3 Å². The zero-order chi connectivity index (χ0) is 7.40. The monoisotopic (exact) mass is 156 g/mol. The van der Waals surface area contributed by atoms with E-state index in [0.717, 1.165) is 0 Å². The van der Waals surface area contributed by atoms with Crippen molar-refractivity contribution in [2.75, 3.05) is 0 Å². The van der Waals surface area contributed by atoms with Gasteiger partial charge in [0, 0.05) is 11.2 Å². The Kier molecular flexibility index (Phi) is 2.23. The van der Waals surface area contributed by atoms with Crippen LogP contribution in [0.25, 0.3) is 0 Å². The highest BCUT2D eigenvalue weighted by Gasteiger charge is 1.89.